The molecule has 22 heavy (non-hydrogen) atoms. The second kappa shape index (κ2) is 9.96. The van der Waals surface area contributed by atoms with Gasteiger partial charge in [0.1, 0.15) is 0 Å². The summed E-state index contributed by atoms with van der Waals surface area (Å²) < 4.78 is 0. The number of carbonyl (C=O) groups excluding carboxylic acids is 1. The maximum atomic E-state index is 12.2. The summed E-state index contributed by atoms with van der Waals surface area (Å²) >= 11 is 0. The van der Waals surface area contributed by atoms with Gasteiger partial charge in [0.15, 0.2) is 0 Å². The smallest absolute Gasteiger partial charge is 0.236 e. The van der Waals surface area contributed by atoms with E-state index in [2.05, 4.69) is 15.1 Å². The Bertz CT molecular complexity index is 333. The van der Waals surface area contributed by atoms with Crippen molar-refractivity contribution in [2.75, 3.05) is 39.3 Å². The van der Waals surface area contributed by atoms with Crippen LogP contribution in [0.1, 0.15) is 44.9 Å². The minimum Gasteiger partial charge on any atom is -0.340 e. The van der Waals surface area contributed by atoms with Crippen LogP contribution in [0, 0.1) is 5.92 Å². The highest BCUT2D eigenvalue weighted by Gasteiger charge is 2.26. The van der Waals surface area contributed by atoms with Crippen LogP contribution in [0.15, 0.2) is 0 Å². The lowest BCUT2D eigenvalue weighted by Crippen LogP contribution is -2.41. The highest BCUT2D eigenvalue weighted by atomic mass is 35.5. The average molecular weight is 352 g/mol. The lowest BCUT2D eigenvalue weighted by Gasteiger charge is -2.27. The largest absolute Gasteiger partial charge is 0.340 e. The molecule has 0 aromatic heterocycles. The van der Waals surface area contributed by atoms with Crippen LogP contribution in [0.4, 0.5) is 0 Å². The Balaban J connectivity index is 0.00000121. The fraction of sp³-hybridized carbons (Fsp3) is 0.938. The SMILES string of the molecule is Cl.Cl.O=C(CNCC1CC1)N1CCCN(C2CCCC2)CC1. The first-order valence-corrected chi connectivity index (χ1v) is 8.55. The van der Waals surface area contributed by atoms with Crippen molar-refractivity contribution in [3.8, 4) is 0 Å². The molecule has 1 heterocycles. The topological polar surface area (TPSA) is 35.6 Å². The second-order valence-corrected chi connectivity index (χ2v) is 6.78. The van der Waals surface area contributed by atoms with E-state index in [4.69, 9.17) is 0 Å². The van der Waals surface area contributed by atoms with Gasteiger partial charge in [-0.1, -0.05) is 12.8 Å². The number of nitrogens with zero attached hydrogens (tertiary/aromatic N) is 2. The Morgan fingerprint density at radius 2 is 1.64 bits per heavy atom. The highest BCUT2D eigenvalue weighted by Crippen LogP contribution is 2.27. The maximum Gasteiger partial charge on any atom is 0.236 e. The first kappa shape index (κ1) is 20.0. The van der Waals surface area contributed by atoms with E-state index in [-0.39, 0.29) is 24.8 Å². The van der Waals surface area contributed by atoms with E-state index in [1.165, 1.54) is 45.1 Å². The maximum absolute atomic E-state index is 12.2. The van der Waals surface area contributed by atoms with E-state index in [0.717, 1.165) is 44.6 Å². The Hall–Kier alpha value is -0.0300. The lowest BCUT2D eigenvalue weighted by molar-refractivity contribution is -0.130. The van der Waals surface area contributed by atoms with E-state index in [1.54, 1.807) is 0 Å². The Morgan fingerprint density at radius 1 is 0.909 bits per heavy atom. The Morgan fingerprint density at radius 3 is 2.32 bits per heavy atom. The third kappa shape index (κ3) is 5.88. The lowest BCUT2D eigenvalue weighted by atomic mass is 10.2. The fourth-order valence-electron chi connectivity index (χ4n) is 3.64. The molecule has 2 saturated carbocycles. The van der Waals surface area contributed by atoms with Crippen LogP contribution in [0.5, 0.6) is 0 Å². The summed E-state index contributed by atoms with van der Waals surface area (Å²) in [5.74, 6) is 1.16. The Kier molecular flexibility index (Phi) is 9.07. The molecule has 3 rings (SSSR count). The van der Waals surface area contributed by atoms with Crippen LogP contribution in [-0.2, 0) is 4.79 Å². The van der Waals surface area contributed by atoms with Crippen molar-refractivity contribution in [3.63, 3.8) is 0 Å². The quantitative estimate of drug-likeness (QED) is 0.825. The van der Waals surface area contributed by atoms with Gasteiger partial charge < -0.3 is 10.2 Å². The van der Waals surface area contributed by atoms with Crippen molar-refractivity contribution in [1.82, 2.24) is 15.1 Å². The summed E-state index contributed by atoms with van der Waals surface area (Å²) in [5, 5.41) is 3.33. The van der Waals surface area contributed by atoms with E-state index in [1.807, 2.05) is 0 Å². The van der Waals surface area contributed by atoms with Crippen molar-refractivity contribution in [2.45, 2.75) is 51.0 Å². The Labute approximate surface area is 147 Å². The number of hydrogen-bond acceptors (Lipinski definition) is 3. The summed E-state index contributed by atoms with van der Waals surface area (Å²) in [6.07, 6.45) is 9.38. The molecule has 1 N–H and O–H groups in total. The van der Waals surface area contributed by atoms with E-state index in [0.29, 0.717) is 12.5 Å². The minimum absolute atomic E-state index is 0. The molecule has 0 atom stereocenters. The number of amides is 1. The number of halogens is 2. The molecule has 0 unspecified atom stereocenters. The van der Waals surface area contributed by atoms with Gasteiger partial charge in [-0.05, 0) is 44.6 Å². The van der Waals surface area contributed by atoms with Gasteiger partial charge >= 0.3 is 0 Å². The van der Waals surface area contributed by atoms with Crippen molar-refractivity contribution >= 4 is 30.7 Å². The second-order valence-electron chi connectivity index (χ2n) is 6.78. The first-order valence-electron chi connectivity index (χ1n) is 8.55. The summed E-state index contributed by atoms with van der Waals surface area (Å²) in [5.41, 5.74) is 0. The zero-order chi connectivity index (χ0) is 13.8. The van der Waals surface area contributed by atoms with Crippen LogP contribution >= 0.6 is 24.8 Å². The highest BCUT2D eigenvalue weighted by molar-refractivity contribution is 5.85. The minimum atomic E-state index is 0. The molecule has 2 aliphatic carbocycles. The molecule has 1 aliphatic heterocycles. The summed E-state index contributed by atoms with van der Waals surface area (Å²) in [6, 6.07) is 0.804. The predicted molar refractivity (Wildman–Crippen MR) is 95.1 cm³/mol. The molecule has 0 spiro atoms. The molecule has 6 heteroatoms. The van der Waals surface area contributed by atoms with Gasteiger partial charge in [0.2, 0.25) is 5.91 Å². The third-order valence-electron chi connectivity index (χ3n) is 5.13. The van der Waals surface area contributed by atoms with Gasteiger partial charge in [-0.2, -0.15) is 0 Å². The fourth-order valence-corrected chi connectivity index (χ4v) is 3.64. The normalized spacial score (nSPS) is 23.5. The average Bonchev–Trinajstić information content (AvgIpc) is 3.18. The number of rotatable bonds is 5. The van der Waals surface area contributed by atoms with Gasteiger partial charge in [-0.15, -0.1) is 24.8 Å². The van der Waals surface area contributed by atoms with E-state index >= 15 is 0 Å². The van der Waals surface area contributed by atoms with Crippen molar-refractivity contribution in [3.05, 3.63) is 0 Å². The molecule has 4 nitrogen and oxygen atoms in total. The molecule has 130 valence electrons. The van der Waals surface area contributed by atoms with E-state index < -0.39 is 0 Å². The molecular formula is C16H31Cl2N3O. The third-order valence-corrected chi connectivity index (χ3v) is 5.13. The first-order chi connectivity index (χ1) is 9.83. The van der Waals surface area contributed by atoms with Gasteiger partial charge in [0.05, 0.1) is 6.54 Å². The number of hydrogen-bond donors (Lipinski definition) is 1. The molecule has 3 fully saturated rings. The van der Waals surface area contributed by atoms with Crippen molar-refractivity contribution in [2.24, 2.45) is 5.92 Å². The van der Waals surface area contributed by atoms with Crippen LogP contribution in [0.25, 0.3) is 0 Å². The monoisotopic (exact) mass is 351 g/mol. The predicted octanol–water partition coefficient (Wildman–Crippen LogP) is 2.31. The van der Waals surface area contributed by atoms with Crippen LogP contribution in [-0.4, -0.2) is 61.0 Å². The van der Waals surface area contributed by atoms with Crippen LogP contribution in [0.3, 0.4) is 0 Å². The molecule has 0 radical (unpaired) electrons. The van der Waals surface area contributed by atoms with Gasteiger partial charge in [-0.25, -0.2) is 0 Å². The molecule has 0 bridgehead atoms. The molecule has 0 aromatic carbocycles. The molecule has 1 amide bonds. The standard InChI is InChI=1S/C16H29N3O.2ClH/c20-16(13-17-12-14-6-7-14)19-9-3-8-18(10-11-19)15-4-1-2-5-15;;/h14-15,17H,1-13H2;2*1H. The summed E-state index contributed by atoms with van der Waals surface area (Å²) in [6.45, 7) is 5.73. The van der Waals surface area contributed by atoms with Gasteiger partial charge in [0, 0.05) is 32.2 Å². The zero-order valence-electron chi connectivity index (χ0n) is 13.5. The number of nitrogens with one attached hydrogen (secondary N) is 1. The van der Waals surface area contributed by atoms with Crippen LogP contribution in [0.2, 0.25) is 0 Å². The van der Waals surface area contributed by atoms with E-state index in [9.17, 15) is 4.79 Å². The van der Waals surface area contributed by atoms with Crippen molar-refractivity contribution in [1.29, 1.82) is 0 Å². The molecule has 1 saturated heterocycles. The van der Waals surface area contributed by atoms with Crippen LogP contribution < -0.4 is 5.32 Å². The van der Waals surface area contributed by atoms with Gasteiger partial charge in [-0.3, -0.25) is 9.69 Å². The summed E-state index contributed by atoms with van der Waals surface area (Å²) in [7, 11) is 0. The molecule has 3 aliphatic rings. The number of carbonyl (C=O) groups is 1. The van der Waals surface area contributed by atoms with Gasteiger partial charge in [0.25, 0.3) is 0 Å². The zero-order valence-corrected chi connectivity index (χ0v) is 15.1. The molecule has 0 aromatic rings. The van der Waals surface area contributed by atoms with Crippen molar-refractivity contribution < 1.29 is 4.79 Å². The summed E-state index contributed by atoms with van der Waals surface area (Å²) in [4.78, 5) is 16.9. The molecular weight excluding hydrogens is 321 g/mol.